The lowest BCUT2D eigenvalue weighted by molar-refractivity contribution is 0.441. The van der Waals surface area contributed by atoms with Gasteiger partial charge in [-0.05, 0) is 46.5 Å². The quantitative estimate of drug-likeness (QED) is 0.366. The summed E-state index contributed by atoms with van der Waals surface area (Å²) in [6, 6.07) is 14.7. The minimum absolute atomic E-state index is 0.161. The first-order valence-electron chi connectivity index (χ1n) is 7.71. The predicted octanol–water partition coefficient (Wildman–Crippen LogP) is 5.39. The number of benzene rings is 3. The van der Waals surface area contributed by atoms with Crippen LogP contribution in [0.5, 0.6) is 11.5 Å². The smallest absolute Gasteiger partial charge is 0.120 e. The van der Waals surface area contributed by atoms with Crippen molar-refractivity contribution in [1.29, 1.82) is 0 Å². The van der Waals surface area contributed by atoms with Crippen LogP contribution in [0.2, 0.25) is 10.0 Å². The van der Waals surface area contributed by atoms with E-state index in [9.17, 15) is 10.2 Å². The molecule has 6 rings (SSSR count). The van der Waals surface area contributed by atoms with E-state index in [-0.39, 0.29) is 23.3 Å². The molecule has 0 unspecified atom stereocenters. The van der Waals surface area contributed by atoms with Gasteiger partial charge < -0.3 is 10.2 Å². The maximum atomic E-state index is 10.5. The van der Waals surface area contributed by atoms with Crippen LogP contribution in [0.3, 0.4) is 0 Å². The van der Waals surface area contributed by atoms with Crippen LogP contribution in [0, 0.1) is 0 Å². The summed E-state index contributed by atoms with van der Waals surface area (Å²) in [6.45, 7) is 0. The van der Waals surface area contributed by atoms with Gasteiger partial charge in [0, 0.05) is 33.0 Å². The lowest BCUT2D eigenvalue weighted by Gasteiger charge is -2.43. The molecule has 0 atom stereocenters. The molecular weight excluding hydrogens is 343 g/mol. The zero-order valence-electron chi connectivity index (χ0n) is 12.4. The van der Waals surface area contributed by atoms with Crippen LogP contribution in [0.4, 0.5) is 0 Å². The summed E-state index contributed by atoms with van der Waals surface area (Å²) in [5.41, 5.74) is 5.54. The maximum absolute atomic E-state index is 10.5. The van der Waals surface area contributed by atoms with Gasteiger partial charge in [-0.25, -0.2) is 0 Å². The average Bonchev–Trinajstić information content (AvgIpc) is 2.58. The summed E-state index contributed by atoms with van der Waals surface area (Å²) in [7, 11) is 0. The van der Waals surface area contributed by atoms with Crippen LogP contribution in [-0.2, 0) is 0 Å². The molecule has 24 heavy (non-hydrogen) atoms. The number of phenolic OH excluding ortho intramolecular Hbond substituents is 2. The molecule has 0 radical (unpaired) electrons. The highest BCUT2D eigenvalue weighted by Gasteiger charge is 2.46. The molecule has 3 aromatic carbocycles. The van der Waals surface area contributed by atoms with E-state index in [1.807, 2.05) is 36.4 Å². The monoisotopic (exact) mass is 354 g/mol. The Morgan fingerprint density at radius 3 is 1.54 bits per heavy atom. The molecule has 0 saturated heterocycles. The molecule has 0 heterocycles. The Morgan fingerprint density at radius 2 is 1.04 bits per heavy atom. The molecule has 3 aromatic rings. The third kappa shape index (κ3) is 1.58. The van der Waals surface area contributed by atoms with Crippen molar-refractivity contribution < 1.29 is 10.2 Å². The molecular formula is C20H12Cl2O2. The molecule has 0 aromatic heterocycles. The van der Waals surface area contributed by atoms with E-state index in [2.05, 4.69) is 0 Å². The topological polar surface area (TPSA) is 40.5 Å². The second-order valence-corrected chi connectivity index (χ2v) is 7.10. The molecule has 2 bridgehead atoms. The minimum atomic E-state index is -0.274. The van der Waals surface area contributed by atoms with Crippen molar-refractivity contribution in [2.24, 2.45) is 0 Å². The van der Waals surface area contributed by atoms with Crippen molar-refractivity contribution >= 4 is 23.2 Å². The number of hydrogen-bond acceptors (Lipinski definition) is 2. The van der Waals surface area contributed by atoms with Crippen molar-refractivity contribution in [3.05, 3.63) is 92.0 Å². The van der Waals surface area contributed by atoms with Gasteiger partial charge >= 0.3 is 0 Å². The van der Waals surface area contributed by atoms with Gasteiger partial charge in [-0.15, -0.1) is 0 Å². The van der Waals surface area contributed by atoms with Crippen LogP contribution in [0.1, 0.15) is 45.2 Å². The molecule has 0 saturated carbocycles. The van der Waals surface area contributed by atoms with E-state index >= 15 is 0 Å². The molecule has 2 N–H and O–H groups in total. The summed E-state index contributed by atoms with van der Waals surface area (Å²) in [4.78, 5) is 0. The molecule has 0 spiro atoms. The fourth-order valence-corrected chi connectivity index (χ4v) is 4.93. The van der Waals surface area contributed by atoms with Crippen LogP contribution >= 0.6 is 23.2 Å². The Balaban J connectivity index is 1.99. The minimum Gasteiger partial charge on any atom is -0.508 e. The molecule has 2 nitrogen and oxygen atoms in total. The van der Waals surface area contributed by atoms with E-state index in [0.717, 1.165) is 27.8 Å². The van der Waals surface area contributed by atoms with Gasteiger partial charge in [0.15, 0.2) is 0 Å². The zero-order chi connectivity index (χ0) is 16.6. The predicted molar refractivity (Wildman–Crippen MR) is 94.6 cm³/mol. The van der Waals surface area contributed by atoms with Gasteiger partial charge in [-0.3, -0.25) is 0 Å². The fourth-order valence-electron chi connectivity index (χ4n) is 4.35. The summed E-state index contributed by atoms with van der Waals surface area (Å²) >= 11 is 13.1. The van der Waals surface area contributed by atoms with Gasteiger partial charge in [0.05, 0.1) is 0 Å². The van der Waals surface area contributed by atoms with E-state index in [1.165, 1.54) is 6.07 Å². The van der Waals surface area contributed by atoms with Crippen LogP contribution < -0.4 is 0 Å². The van der Waals surface area contributed by atoms with E-state index < -0.39 is 0 Å². The maximum Gasteiger partial charge on any atom is 0.120 e. The van der Waals surface area contributed by atoms with Gasteiger partial charge in [0.1, 0.15) is 11.5 Å². The molecule has 4 heteroatoms. The summed E-state index contributed by atoms with van der Waals surface area (Å²) in [5.74, 6) is -0.105. The highest BCUT2D eigenvalue weighted by molar-refractivity contribution is 6.33. The van der Waals surface area contributed by atoms with Crippen molar-refractivity contribution in [3.63, 3.8) is 0 Å². The Labute approximate surface area is 148 Å². The lowest BCUT2D eigenvalue weighted by atomic mass is 9.60. The standard InChI is InChI=1S/C20H12Cl2O2/c21-11-5-1-3-9-15-10-4-2-6-12(22)17(10)20(16(9)11)19-14(24)8-7-13(23)18(15)19/h1-8,15,20,23-24H. The van der Waals surface area contributed by atoms with Gasteiger partial charge in [0.2, 0.25) is 0 Å². The van der Waals surface area contributed by atoms with E-state index in [0.29, 0.717) is 15.6 Å². The SMILES string of the molecule is Oc1ccc(O)c2c1C1c3cccc(Cl)c3C2c2c(Cl)cccc21. The Bertz CT molecular complexity index is 973. The third-order valence-electron chi connectivity index (χ3n) is 5.19. The van der Waals surface area contributed by atoms with Crippen molar-refractivity contribution in [3.8, 4) is 11.5 Å². The first-order chi connectivity index (χ1) is 11.6. The van der Waals surface area contributed by atoms with Crippen molar-refractivity contribution in [2.75, 3.05) is 0 Å². The number of phenols is 2. The average molecular weight is 355 g/mol. The van der Waals surface area contributed by atoms with E-state index in [4.69, 9.17) is 23.2 Å². The van der Waals surface area contributed by atoms with Crippen LogP contribution in [-0.4, -0.2) is 10.2 Å². The van der Waals surface area contributed by atoms with Gasteiger partial charge in [-0.1, -0.05) is 47.5 Å². The Morgan fingerprint density at radius 1 is 0.583 bits per heavy atom. The molecule has 0 amide bonds. The summed E-state index contributed by atoms with van der Waals surface area (Å²) in [5, 5.41) is 22.4. The van der Waals surface area contributed by atoms with Crippen LogP contribution in [0.15, 0.2) is 48.5 Å². The number of hydrogen-bond donors (Lipinski definition) is 2. The Hall–Kier alpha value is -2.16. The number of aromatic hydroxyl groups is 2. The number of halogens is 2. The lowest BCUT2D eigenvalue weighted by Crippen LogP contribution is -2.28. The highest BCUT2D eigenvalue weighted by Crippen LogP contribution is 2.61. The summed E-state index contributed by atoms with van der Waals surface area (Å²) in [6.07, 6.45) is 0. The molecule has 0 fully saturated rings. The second-order valence-electron chi connectivity index (χ2n) is 6.28. The van der Waals surface area contributed by atoms with Crippen molar-refractivity contribution in [1.82, 2.24) is 0 Å². The zero-order valence-corrected chi connectivity index (χ0v) is 13.9. The summed E-state index contributed by atoms with van der Waals surface area (Å²) < 4.78 is 0. The number of rotatable bonds is 0. The first kappa shape index (κ1) is 14.2. The van der Waals surface area contributed by atoms with Gasteiger partial charge in [0.25, 0.3) is 0 Å². The molecule has 3 aliphatic rings. The normalized spacial score (nSPS) is 19.6. The second kappa shape index (κ2) is 4.69. The first-order valence-corrected chi connectivity index (χ1v) is 8.46. The van der Waals surface area contributed by atoms with Crippen LogP contribution in [0.25, 0.3) is 0 Å². The molecule has 3 aliphatic carbocycles. The highest BCUT2D eigenvalue weighted by atomic mass is 35.5. The fraction of sp³-hybridized carbons (Fsp3) is 0.100. The van der Waals surface area contributed by atoms with E-state index in [1.54, 1.807) is 6.07 Å². The van der Waals surface area contributed by atoms with Crippen molar-refractivity contribution in [2.45, 2.75) is 11.8 Å². The largest absolute Gasteiger partial charge is 0.508 e. The Kier molecular flexibility index (Phi) is 2.77. The third-order valence-corrected chi connectivity index (χ3v) is 5.85. The molecule has 0 aliphatic heterocycles. The van der Waals surface area contributed by atoms with Gasteiger partial charge in [-0.2, -0.15) is 0 Å². The molecule has 118 valence electrons.